The molecule has 0 radical (unpaired) electrons. The van der Waals surface area contributed by atoms with Gasteiger partial charge in [-0.3, -0.25) is 4.99 Å². The fourth-order valence-corrected chi connectivity index (χ4v) is 3.05. The van der Waals surface area contributed by atoms with Crippen molar-refractivity contribution in [3.05, 3.63) is 51.5 Å². The molecule has 2 N–H and O–H groups in total. The summed E-state index contributed by atoms with van der Waals surface area (Å²) in [5, 5.41) is 9.31. The molecule has 25 heavy (non-hydrogen) atoms. The van der Waals surface area contributed by atoms with Gasteiger partial charge in [-0.1, -0.05) is 12.1 Å². The van der Waals surface area contributed by atoms with Gasteiger partial charge >= 0.3 is 6.18 Å². The van der Waals surface area contributed by atoms with Crippen LogP contribution in [0.1, 0.15) is 28.2 Å². The molecule has 0 bridgehead atoms. The molecule has 1 aromatic heterocycles. The third-order valence-corrected chi connectivity index (χ3v) is 4.49. The number of halogens is 3. The molecule has 0 spiro atoms. The number of aromatic nitrogens is 1. The Labute approximate surface area is 149 Å². The monoisotopic (exact) mass is 370 g/mol. The van der Waals surface area contributed by atoms with E-state index in [0.29, 0.717) is 18.1 Å². The first kappa shape index (κ1) is 19.2. The SMILES string of the molecule is CN=C(NCCCc1nc(C)cs1)NCc1cccc(C(F)(F)F)c1. The zero-order valence-corrected chi connectivity index (χ0v) is 15.0. The molecule has 0 amide bonds. The summed E-state index contributed by atoms with van der Waals surface area (Å²) in [6.07, 6.45) is -2.54. The minimum Gasteiger partial charge on any atom is -0.356 e. The number of aliphatic imine (C=N–C) groups is 1. The lowest BCUT2D eigenvalue weighted by molar-refractivity contribution is -0.137. The summed E-state index contributed by atoms with van der Waals surface area (Å²) in [7, 11) is 1.63. The van der Waals surface area contributed by atoms with Gasteiger partial charge in [0.2, 0.25) is 0 Å². The topological polar surface area (TPSA) is 49.3 Å². The maximum absolute atomic E-state index is 12.7. The normalized spacial score (nSPS) is 12.3. The van der Waals surface area contributed by atoms with E-state index in [0.717, 1.165) is 35.7 Å². The van der Waals surface area contributed by atoms with Gasteiger partial charge in [-0.15, -0.1) is 11.3 Å². The van der Waals surface area contributed by atoms with Gasteiger partial charge in [0.25, 0.3) is 0 Å². The molecule has 0 saturated heterocycles. The highest BCUT2D eigenvalue weighted by atomic mass is 32.1. The highest BCUT2D eigenvalue weighted by Gasteiger charge is 2.30. The first-order chi connectivity index (χ1) is 11.9. The number of aryl methyl sites for hydroxylation is 2. The van der Waals surface area contributed by atoms with Crippen molar-refractivity contribution in [3.8, 4) is 0 Å². The number of hydrogen-bond acceptors (Lipinski definition) is 3. The van der Waals surface area contributed by atoms with Crippen LogP contribution < -0.4 is 10.6 Å². The van der Waals surface area contributed by atoms with E-state index in [2.05, 4.69) is 20.6 Å². The van der Waals surface area contributed by atoms with Crippen LogP contribution in [0.15, 0.2) is 34.6 Å². The Hall–Kier alpha value is -2.09. The van der Waals surface area contributed by atoms with Gasteiger partial charge in [-0.2, -0.15) is 13.2 Å². The van der Waals surface area contributed by atoms with Gasteiger partial charge in [-0.05, 0) is 31.0 Å². The Bertz CT molecular complexity index is 710. The molecule has 0 aliphatic carbocycles. The molecule has 0 atom stereocenters. The quantitative estimate of drug-likeness (QED) is 0.462. The molecule has 1 aromatic carbocycles. The van der Waals surface area contributed by atoms with Crippen LogP contribution in [-0.4, -0.2) is 24.5 Å². The Balaban J connectivity index is 1.76. The van der Waals surface area contributed by atoms with E-state index in [-0.39, 0.29) is 6.54 Å². The average Bonchev–Trinajstić information content (AvgIpc) is 2.99. The maximum atomic E-state index is 12.7. The molecule has 8 heteroatoms. The predicted molar refractivity (Wildman–Crippen MR) is 94.8 cm³/mol. The Morgan fingerprint density at radius 1 is 1.28 bits per heavy atom. The summed E-state index contributed by atoms with van der Waals surface area (Å²) in [4.78, 5) is 8.49. The third kappa shape index (κ3) is 6.38. The van der Waals surface area contributed by atoms with Crippen LogP contribution in [0.3, 0.4) is 0 Å². The number of benzene rings is 1. The molecular weight excluding hydrogens is 349 g/mol. The van der Waals surface area contributed by atoms with Gasteiger partial charge in [0.15, 0.2) is 5.96 Å². The Kier molecular flexibility index (Phi) is 6.81. The molecule has 2 aromatic rings. The number of nitrogens with zero attached hydrogens (tertiary/aromatic N) is 2. The van der Waals surface area contributed by atoms with Crippen molar-refractivity contribution in [1.29, 1.82) is 0 Å². The largest absolute Gasteiger partial charge is 0.416 e. The lowest BCUT2D eigenvalue weighted by atomic mass is 10.1. The highest BCUT2D eigenvalue weighted by Crippen LogP contribution is 2.29. The summed E-state index contributed by atoms with van der Waals surface area (Å²) < 4.78 is 38.2. The molecule has 136 valence electrons. The van der Waals surface area contributed by atoms with Crippen molar-refractivity contribution in [2.75, 3.05) is 13.6 Å². The molecule has 0 aliphatic heterocycles. The first-order valence-electron chi connectivity index (χ1n) is 7.90. The van der Waals surface area contributed by atoms with Crippen molar-refractivity contribution >= 4 is 17.3 Å². The number of alkyl halides is 3. The van der Waals surface area contributed by atoms with Crippen LogP contribution in [0.4, 0.5) is 13.2 Å². The number of thiazole rings is 1. The van der Waals surface area contributed by atoms with Gasteiger partial charge < -0.3 is 10.6 Å². The number of nitrogens with one attached hydrogen (secondary N) is 2. The van der Waals surface area contributed by atoms with Gasteiger partial charge in [0.1, 0.15) is 0 Å². The van der Waals surface area contributed by atoms with E-state index >= 15 is 0 Å². The summed E-state index contributed by atoms with van der Waals surface area (Å²) in [5.74, 6) is 0.563. The van der Waals surface area contributed by atoms with Crippen LogP contribution in [0.2, 0.25) is 0 Å². The average molecular weight is 370 g/mol. The summed E-state index contributed by atoms with van der Waals surface area (Å²) in [6.45, 7) is 2.95. The van der Waals surface area contributed by atoms with Gasteiger partial charge in [0, 0.05) is 37.6 Å². The van der Waals surface area contributed by atoms with Crippen LogP contribution in [0, 0.1) is 6.92 Å². The number of rotatable bonds is 6. The van der Waals surface area contributed by atoms with Crippen molar-refractivity contribution in [1.82, 2.24) is 15.6 Å². The molecule has 0 unspecified atom stereocenters. The molecule has 1 heterocycles. The lowest BCUT2D eigenvalue weighted by Gasteiger charge is -2.13. The molecule has 0 saturated carbocycles. The second kappa shape index (κ2) is 8.84. The van der Waals surface area contributed by atoms with Gasteiger partial charge in [0.05, 0.1) is 10.6 Å². The van der Waals surface area contributed by atoms with Crippen molar-refractivity contribution in [3.63, 3.8) is 0 Å². The summed E-state index contributed by atoms with van der Waals surface area (Å²) in [6, 6.07) is 5.27. The van der Waals surface area contributed by atoms with E-state index in [1.807, 2.05) is 12.3 Å². The van der Waals surface area contributed by atoms with E-state index in [1.54, 1.807) is 24.5 Å². The lowest BCUT2D eigenvalue weighted by Crippen LogP contribution is -2.37. The predicted octanol–water partition coefficient (Wildman–Crippen LogP) is 3.77. The zero-order chi connectivity index (χ0) is 18.3. The van der Waals surface area contributed by atoms with Gasteiger partial charge in [-0.25, -0.2) is 4.98 Å². The second-order valence-electron chi connectivity index (χ2n) is 5.54. The van der Waals surface area contributed by atoms with Crippen molar-refractivity contribution in [2.45, 2.75) is 32.5 Å². The first-order valence-corrected chi connectivity index (χ1v) is 8.78. The second-order valence-corrected chi connectivity index (χ2v) is 6.48. The summed E-state index contributed by atoms with van der Waals surface area (Å²) in [5.41, 5.74) is 0.941. The third-order valence-electron chi connectivity index (χ3n) is 3.46. The molecule has 4 nitrogen and oxygen atoms in total. The molecule has 0 fully saturated rings. The fraction of sp³-hybridized carbons (Fsp3) is 0.412. The molecular formula is C17H21F3N4S. The van der Waals surface area contributed by atoms with E-state index in [9.17, 15) is 13.2 Å². The van der Waals surface area contributed by atoms with Crippen molar-refractivity contribution < 1.29 is 13.2 Å². The summed E-state index contributed by atoms with van der Waals surface area (Å²) >= 11 is 1.65. The smallest absolute Gasteiger partial charge is 0.356 e. The molecule has 2 rings (SSSR count). The van der Waals surface area contributed by atoms with E-state index in [1.165, 1.54) is 6.07 Å². The minimum atomic E-state index is -4.33. The standard InChI is InChI=1S/C17H21F3N4S/c1-12-11-25-15(24-12)7-4-8-22-16(21-2)23-10-13-5-3-6-14(9-13)17(18,19)20/h3,5-6,9,11H,4,7-8,10H2,1-2H3,(H2,21,22,23). The van der Waals surface area contributed by atoms with Crippen LogP contribution in [0.5, 0.6) is 0 Å². The Morgan fingerprint density at radius 2 is 2.08 bits per heavy atom. The van der Waals surface area contributed by atoms with Crippen LogP contribution in [-0.2, 0) is 19.1 Å². The highest BCUT2D eigenvalue weighted by molar-refractivity contribution is 7.09. The maximum Gasteiger partial charge on any atom is 0.416 e. The van der Waals surface area contributed by atoms with E-state index < -0.39 is 11.7 Å². The zero-order valence-electron chi connectivity index (χ0n) is 14.2. The van der Waals surface area contributed by atoms with E-state index in [4.69, 9.17) is 0 Å². The molecule has 0 aliphatic rings. The Morgan fingerprint density at radius 3 is 2.72 bits per heavy atom. The number of hydrogen-bond donors (Lipinski definition) is 2. The number of guanidine groups is 1. The van der Waals surface area contributed by atoms with Crippen LogP contribution >= 0.6 is 11.3 Å². The fourth-order valence-electron chi connectivity index (χ4n) is 2.23. The van der Waals surface area contributed by atoms with Crippen molar-refractivity contribution in [2.24, 2.45) is 4.99 Å². The van der Waals surface area contributed by atoms with Crippen LogP contribution in [0.25, 0.3) is 0 Å². The minimum absolute atomic E-state index is 0.273.